The number of carbonyl (C=O) groups is 2. The Labute approximate surface area is 132 Å². The van der Waals surface area contributed by atoms with E-state index in [9.17, 15) is 0 Å². The van der Waals surface area contributed by atoms with Crippen molar-refractivity contribution in [2.45, 2.75) is 6.04 Å². The molecule has 0 aliphatic rings. The molecular weight excluding hydrogens is 302 g/mol. The molecule has 1 unspecified atom stereocenters. The van der Waals surface area contributed by atoms with Crippen LogP contribution in [0, 0.1) is 0 Å². The van der Waals surface area contributed by atoms with Gasteiger partial charge in [-0.2, -0.15) is 0 Å². The first-order chi connectivity index (χ1) is 10.9. The second kappa shape index (κ2) is 9.19. The highest BCUT2D eigenvalue weighted by Gasteiger charge is 2.04. The molecule has 5 N–H and O–H groups in total. The van der Waals surface area contributed by atoms with Crippen molar-refractivity contribution >= 4 is 11.9 Å². The van der Waals surface area contributed by atoms with Crippen LogP contribution < -0.4 is 10.5 Å². The van der Waals surface area contributed by atoms with E-state index in [1.807, 2.05) is 54.6 Å². The Morgan fingerprint density at radius 1 is 0.913 bits per heavy atom. The number of rotatable bonds is 4. The van der Waals surface area contributed by atoms with E-state index in [0.29, 0.717) is 0 Å². The number of nitrogens with two attached hydrogens (primary N) is 1. The molecule has 0 spiro atoms. The average molecular weight is 319 g/mol. The van der Waals surface area contributed by atoms with Gasteiger partial charge in [-0.1, -0.05) is 30.3 Å². The summed E-state index contributed by atoms with van der Waals surface area (Å²) in [5.41, 5.74) is 6.60. The molecule has 2 rings (SSSR count). The van der Waals surface area contributed by atoms with E-state index in [0.717, 1.165) is 17.1 Å². The molecule has 0 aliphatic carbocycles. The Kier molecular flexibility index (Phi) is 7.25. The van der Waals surface area contributed by atoms with Gasteiger partial charge in [0.25, 0.3) is 0 Å². The molecule has 0 amide bonds. The van der Waals surface area contributed by atoms with Crippen molar-refractivity contribution in [3.63, 3.8) is 0 Å². The predicted molar refractivity (Wildman–Crippen MR) is 82.2 cm³/mol. The third-order valence-corrected chi connectivity index (χ3v) is 2.67. The number of hydrogen-bond donors (Lipinski definition) is 4. The third kappa shape index (κ3) is 6.60. The molecule has 0 fully saturated rings. The lowest BCUT2D eigenvalue weighted by atomic mass is 10.1. The summed E-state index contributed by atoms with van der Waals surface area (Å²) in [4.78, 5) is 18.2. The van der Waals surface area contributed by atoms with Crippen LogP contribution >= 0.6 is 0 Å². The summed E-state index contributed by atoms with van der Waals surface area (Å²) in [6.07, 6.45) is 0. The maximum atomic E-state index is 9.10. The van der Waals surface area contributed by atoms with Crippen molar-refractivity contribution in [3.05, 3.63) is 60.2 Å². The molecule has 0 saturated heterocycles. The van der Waals surface area contributed by atoms with Gasteiger partial charge < -0.3 is 25.8 Å². The highest BCUT2D eigenvalue weighted by molar-refractivity contribution is 6.27. The molecule has 2 aromatic rings. The van der Waals surface area contributed by atoms with E-state index in [1.165, 1.54) is 0 Å². The molecule has 1 atom stereocenters. The van der Waals surface area contributed by atoms with Gasteiger partial charge in [0.1, 0.15) is 11.5 Å². The van der Waals surface area contributed by atoms with Crippen LogP contribution in [0.5, 0.6) is 11.5 Å². The molecule has 0 aliphatic heterocycles. The zero-order chi connectivity index (χ0) is 17.2. The summed E-state index contributed by atoms with van der Waals surface area (Å²) in [5.74, 6) is -2.10. The fourth-order valence-corrected chi connectivity index (χ4v) is 1.51. The standard InChI is InChI=1S/C14H15NO2.C2H2O4/c15-14(10-16)11-6-8-13(9-7-11)17-12-4-2-1-3-5-12;3-1(4)2(5)6/h1-9,14,16H,10,15H2;(H,3,4)(H,5,6). The van der Waals surface area contributed by atoms with Crippen molar-refractivity contribution in [2.24, 2.45) is 5.73 Å². The van der Waals surface area contributed by atoms with Crippen molar-refractivity contribution in [1.82, 2.24) is 0 Å². The molecular formula is C16H17NO6. The van der Waals surface area contributed by atoms with Crippen LogP contribution in [0.15, 0.2) is 54.6 Å². The Balaban J connectivity index is 0.000000379. The minimum Gasteiger partial charge on any atom is -0.473 e. The number of aliphatic carboxylic acids is 2. The number of aliphatic hydroxyl groups is 1. The Morgan fingerprint density at radius 2 is 1.39 bits per heavy atom. The molecule has 23 heavy (non-hydrogen) atoms. The SMILES string of the molecule is NC(CO)c1ccc(Oc2ccccc2)cc1.O=C(O)C(=O)O. The lowest BCUT2D eigenvalue weighted by Crippen LogP contribution is -2.14. The van der Waals surface area contributed by atoms with Crippen LogP contribution in [0.2, 0.25) is 0 Å². The normalized spacial score (nSPS) is 10.9. The topological polar surface area (TPSA) is 130 Å². The van der Waals surface area contributed by atoms with Gasteiger partial charge in [0, 0.05) is 0 Å². The quantitative estimate of drug-likeness (QED) is 0.630. The zero-order valence-corrected chi connectivity index (χ0v) is 12.1. The number of benzene rings is 2. The van der Waals surface area contributed by atoms with Gasteiger partial charge in [0.05, 0.1) is 12.6 Å². The molecule has 0 aromatic heterocycles. The van der Waals surface area contributed by atoms with Gasteiger partial charge in [-0.25, -0.2) is 9.59 Å². The van der Waals surface area contributed by atoms with Crippen LogP contribution in [-0.2, 0) is 9.59 Å². The van der Waals surface area contributed by atoms with Crippen molar-refractivity contribution in [2.75, 3.05) is 6.61 Å². The Morgan fingerprint density at radius 3 is 1.83 bits per heavy atom. The minimum atomic E-state index is -1.82. The molecule has 0 bridgehead atoms. The average Bonchev–Trinajstić information content (AvgIpc) is 2.56. The molecule has 2 aromatic carbocycles. The summed E-state index contributed by atoms with van der Waals surface area (Å²) in [6.45, 7) is -0.0567. The van der Waals surface area contributed by atoms with E-state index in [4.69, 9.17) is 35.4 Å². The van der Waals surface area contributed by atoms with Crippen LogP contribution in [0.3, 0.4) is 0 Å². The first kappa shape index (κ1) is 18.1. The van der Waals surface area contributed by atoms with Gasteiger partial charge in [0.2, 0.25) is 0 Å². The first-order valence-electron chi connectivity index (χ1n) is 6.59. The maximum Gasteiger partial charge on any atom is 0.414 e. The molecule has 7 heteroatoms. The van der Waals surface area contributed by atoms with Gasteiger partial charge in [-0.05, 0) is 29.8 Å². The highest BCUT2D eigenvalue weighted by atomic mass is 16.5. The first-order valence-corrected chi connectivity index (χ1v) is 6.59. The summed E-state index contributed by atoms with van der Waals surface area (Å²) >= 11 is 0. The summed E-state index contributed by atoms with van der Waals surface area (Å²) in [5, 5.41) is 23.7. The van der Waals surface area contributed by atoms with Crippen LogP contribution in [0.1, 0.15) is 11.6 Å². The summed E-state index contributed by atoms with van der Waals surface area (Å²) in [7, 11) is 0. The summed E-state index contributed by atoms with van der Waals surface area (Å²) < 4.78 is 5.64. The molecule has 0 saturated carbocycles. The minimum absolute atomic E-state index is 0.0567. The number of aliphatic hydroxyl groups excluding tert-OH is 1. The Bertz CT molecular complexity index is 615. The number of carboxylic acids is 2. The lowest BCUT2D eigenvalue weighted by Gasteiger charge is -2.10. The number of ether oxygens (including phenoxy) is 1. The largest absolute Gasteiger partial charge is 0.473 e. The molecule has 0 radical (unpaired) electrons. The van der Waals surface area contributed by atoms with Gasteiger partial charge >= 0.3 is 11.9 Å². The summed E-state index contributed by atoms with van der Waals surface area (Å²) in [6, 6.07) is 16.7. The maximum absolute atomic E-state index is 9.10. The number of hydrogen-bond acceptors (Lipinski definition) is 5. The Hall–Kier alpha value is -2.90. The number of carboxylic acid groups (broad SMARTS) is 2. The lowest BCUT2D eigenvalue weighted by molar-refractivity contribution is -0.159. The van der Waals surface area contributed by atoms with Crippen LogP contribution in [-0.4, -0.2) is 33.9 Å². The molecule has 122 valence electrons. The second-order valence-corrected chi connectivity index (χ2v) is 4.38. The fourth-order valence-electron chi connectivity index (χ4n) is 1.51. The van der Waals surface area contributed by atoms with Crippen LogP contribution in [0.4, 0.5) is 0 Å². The van der Waals surface area contributed by atoms with Crippen molar-refractivity contribution in [3.8, 4) is 11.5 Å². The van der Waals surface area contributed by atoms with Crippen molar-refractivity contribution in [1.29, 1.82) is 0 Å². The second-order valence-electron chi connectivity index (χ2n) is 4.38. The van der Waals surface area contributed by atoms with E-state index in [2.05, 4.69) is 0 Å². The highest BCUT2D eigenvalue weighted by Crippen LogP contribution is 2.22. The third-order valence-electron chi connectivity index (χ3n) is 2.67. The van der Waals surface area contributed by atoms with Gasteiger partial charge in [-0.15, -0.1) is 0 Å². The fraction of sp³-hybridized carbons (Fsp3) is 0.125. The van der Waals surface area contributed by atoms with E-state index >= 15 is 0 Å². The van der Waals surface area contributed by atoms with Crippen molar-refractivity contribution < 1.29 is 29.6 Å². The van der Waals surface area contributed by atoms with E-state index in [1.54, 1.807) is 0 Å². The molecule has 0 heterocycles. The van der Waals surface area contributed by atoms with E-state index < -0.39 is 11.9 Å². The van der Waals surface area contributed by atoms with E-state index in [-0.39, 0.29) is 12.6 Å². The monoisotopic (exact) mass is 319 g/mol. The molecule has 7 nitrogen and oxygen atoms in total. The number of para-hydroxylation sites is 1. The smallest absolute Gasteiger partial charge is 0.414 e. The predicted octanol–water partition coefficient (Wildman–Crippen LogP) is 1.63. The zero-order valence-electron chi connectivity index (χ0n) is 12.1. The van der Waals surface area contributed by atoms with Gasteiger partial charge in [-0.3, -0.25) is 0 Å². The van der Waals surface area contributed by atoms with Crippen LogP contribution in [0.25, 0.3) is 0 Å². The van der Waals surface area contributed by atoms with Gasteiger partial charge in [0.15, 0.2) is 0 Å².